The highest BCUT2D eigenvalue weighted by molar-refractivity contribution is 6.30. The van der Waals surface area contributed by atoms with Crippen LogP contribution in [0.1, 0.15) is 25.8 Å². The Hall–Kier alpha value is -2.70. The molecule has 0 saturated heterocycles. The van der Waals surface area contributed by atoms with Gasteiger partial charge < -0.3 is 10.6 Å². The first-order valence-electron chi connectivity index (χ1n) is 9.89. The standard InChI is InChI=1S/C23H23Cl2FN4O/c1-14(2)11-20(22(31)27-13-15-3-7-17(24)8-4-15)28-21-12-19(29-23(25)30-21)16-5-9-18(26)10-6-16/h3-10,12,14,20H,11,13H2,1-2H3,(H,27,31)(H,28,29,30). The van der Waals surface area contributed by atoms with Crippen LogP contribution in [0.4, 0.5) is 10.2 Å². The Morgan fingerprint density at radius 2 is 1.71 bits per heavy atom. The summed E-state index contributed by atoms with van der Waals surface area (Å²) in [5.41, 5.74) is 2.18. The number of nitrogens with zero attached hydrogens (tertiary/aromatic N) is 2. The van der Waals surface area contributed by atoms with Gasteiger partial charge in [0, 0.05) is 23.2 Å². The maximum absolute atomic E-state index is 13.2. The van der Waals surface area contributed by atoms with Crippen molar-refractivity contribution in [2.75, 3.05) is 5.32 Å². The molecule has 1 amide bonds. The Morgan fingerprint density at radius 3 is 2.35 bits per heavy atom. The lowest BCUT2D eigenvalue weighted by Crippen LogP contribution is -2.40. The lowest BCUT2D eigenvalue weighted by atomic mass is 10.0. The topological polar surface area (TPSA) is 66.9 Å². The third-order valence-corrected chi connectivity index (χ3v) is 4.99. The zero-order valence-corrected chi connectivity index (χ0v) is 18.7. The molecule has 0 aliphatic heterocycles. The average Bonchev–Trinajstić information content (AvgIpc) is 2.72. The second-order valence-corrected chi connectivity index (χ2v) is 8.36. The Morgan fingerprint density at radius 1 is 1.03 bits per heavy atom. The lowest BCUT2D eigenvalue weighted by molar-refractivity contribution is -0.122. The molecule has 5 nitrogen and oxygen atoms in total. The smallest absolute Gasteiger partial charge is 0.242 e. The fraction of sp³-hybridized carbons (Fsp3) is 0.261. The minimum Gasteiger partial charge on any atom is -0.358 e. The highest BCUT2D eigenvalue weighted by atomic mass is 35.5. The van der Waals surface area contributed by atoms with E-state index in [0.717, 1.165) is 5.56 Å². The summed E-state index contributed by atoms with van der Waals surface area (Å²) >= 11 is 12.0. The van der Waals surface area contributed by atoms with Crippen molar-refractivity contribution in [3.63, 3.8) is 0 Å². The predicted octanol–water partition coefficient (Wildman–Crippen LogP) is 5.73. The van der Waals surface area contributed by atoms with E-state index in [4.69, 9.17) is 23.2 Å². The lowest BCUT2D eigenvalue weighted by Gasteiger charge is -2.21. The van der Waals surface area contributed by atoms with Gasteiger partial charge >= 0.3 is 0 Å². The van der Waals surface area contributed by atoms with Gasteiger partial charge in [-0.05, 0) is 65.9 Å². The molecule has 0 fully saturated rings. The van der Waals surface area contributed by atoms with Gasteiger partial charge in [0.1, 0.15) is 17.7 Å². The molecule has 1 unspecified atom stereocenters. The number of hydrogen-bond donors (Lipinski definition) is 2. The van der Waals surface area contributed by atoms with Crippen LogP contribution in [0.3, 0.4) is 0 Å². The number of nitrogens with one attached hydrogen (secondary N) is 2. The minimum absolute atomic E-state index is 0.0363. The minimum atomic E-state index is -0.515. The van der Waals surface area contributed by atoms with Crippen LogP contribution in [-0.4, -0.2) is 21.9 Å². The van der Waals surface area contributed by atoms with E-state index >= 15 is 0 Å². The van der Waals surface area contributed by atoms with Crippen molar-refractivity contribution in [1.29, 1.82) is 0 Å². The van der Waals surface area contributed by atoms with Gasteiger partial charge in [-0.15, -0.1) is 0 Å². The van der Waals surface area contributed by atoms with E-state index in [1.54, 1.807) is 30.3 Å². The van der Waals surface area contributed by atoms with Crippen LogP contribution in [0.25, 0.3) is 11.3 Å². The molecule has 31 heavy (non-hydrogen) atoms. The molecule has 0 saturated carbocycles. The quantitative estimate of drug-likeness (QED) is 0.421. The van der Waals surface area contributed by atoms with Gasteiger partial charge in [0.2, 0.25) is 11.2 Å². The van der Waals surface area contributed by atoms with Gasteiger partial charge in [-0.3, -0.25) is 4.79 Å². The van der Waals surface area contributed by atoms with Gasteiger partial charge in [0.15, 0.2) is 0 Å². The number of halogens is 3. The summed E-state index contributed by atoms with van der Waals surface area (Å²) in [5.74, 6) is 0.206. The molecule has 1 heterocycles. The van der Waals surface area contributed by atoms with E-state index in [1.807, 2.05) is 26.0 Å². The Labute approximate surface area is 191 Å². The predicted molar refractivity (Wildman–Crippen MR) is 123 cm³/mol. The SMILES string of the molecule is CC(C)CC(Nc1cc(-c2ccc(F)cc2)nc(Cl)n1)C(=O)NCc1ccc(Cl)cc1. The van der Waals surface area contributed by atoms with Crippen LogP contribution >= 0.6 is 23.2 Å². The summed E-state index contributed by atoms with van der Waals surface area (Å²) in [6.07, 6.45) is 0.597. The number of carbonyl (C=O) groups excluding carboxylic acids is 1. The van der Waals surface area contributed by atoms with E-state index in [-0.39, 0.29) is 22.9 Å². The van der Waals surface area contributed by atoms with Crippen LogP contribution in [0.15, 0.2) is 54.6 Å². The number of amides is 1. The zero-order chi connectivity index (χ0) is 22.4. The summed E-state index contributed by atoms with van der Waals surface area (Å²) in [7, 11) is 0. The third kappa shape index (κ3) is 6.91. The fourth-order valence-corrected chi connectivity index (χ4v) is 3.36. The van der Waals surface area contributed by atoms with E-state index in [2.05, 4.69) is 20.6 Å². The molecule has 1 atom stereocenters. The highest BCUT2D eigenvalue weighted by Gasteiger charge is 2.21. The van der Waals surface area contributed by atoms with Crippen molar-refractivity contribution in [3.8, 4) is 11.3 Å². The highest BCUT2D eigenvalue weighted by Crippen LogP contribution is 2.23. The second kappa shape index (κ2) is 10.6. The van der Waals surface area contributed by atoms with Crippen molar-refractivity contribution >= 4 is 34.9 Å². The van der Waals surface area contributed by atoms with E-state index in [1.165, 1.54) is 12.1 Å². The van der Waals surface area contributed by atoms with Crippen LogP contribution < -0.4 is 10.6 Å². The van der Waals surface area contributed by atoms with Crippen molar-refractivity contribution in [2.24, 2.45) is 5.92 Å². The zero-order valence-electron chi connectivity index (χ0n) is 17.2. The molecular weight excluding hydrogens is 438 g/mol. The summed E-state index contributed by atoms with van der Waals surface area (Å²) < 4.78 is 13.2. The second-order valence-electron chi connectivity index (χ2n) is 7.59. The van der Waals surface area contributed by atoms with Gasteiger partial charge in [0.25, 0.3) is 0 Å². The van der Waals surface area contributed by atoms with E-state index in [9.17, 15) is 9.18 Å². The van der Waals surface area contributed by atoms with Gasteiger partial charge in [-0.2, -0.15) is 0 Å². The molecule has 1 aromatic heterocycles. The summed E-state index contributed by atoms with van der Waals surface area (Å²) in [4.78, 5) is 21.3. The summed E-state index contributed by atoms with van der Waals surface area (Å²) in [6, 6.07) is 14.4. The van der Waals surface area contributed by atoms with Crippen molar-refractivity contribution in [2.45, 2.75) is 32.9 Å². The first kappa shape index (κ1) is 23.0. The van der Waals surface area contributed by atoms with Crippen molar-refractivity contribution in [1.82, 2.24) is 15.3 Å². The van der Waals surface area contributed by atoms with Gasteiger partial charge in [-0.25, -0.2) is 14.4 Å². The molecule has 3 rings (SSSR count). The number of benzene rings is 2. The fourth-order valence-electron chi connectivity index (χ4n) is 3.06. The summed E-state index contributed by atoms with van der Waals surface area (Å²) in [6.45, 7) is 4.47. The molecule has 0 spiro atoms. The van der Waals surface area contributed by atoms with E-state index in [0.29, 0.717) is 35.1 Å². The molecule has 0 radical (unpaired) electrons. The third-order valence-electron chi connectivity index (χ3n) is 4.56. The Bertz CT molecular complexity index is 1030. The molecule has 0 aliphatic carbocycles. The first-order valence-corrected chi connectivity index (χ1v) is 10.6. The molecule has 162 valence electrons. The Kier molecular flexibility index (Phi) is 7.82. The van der Waals surface area contributed by atoms with Crippen molar-refractivity contribution in [3.05, 3.63) is 76.3 Å². The molecule has 0 bridgehead atoms. The van der Waals surface area contributed by atoms with Crippen LogP contribution in [0, 0.1) is 11.7 Å². The summed E-state index contributed by atoms with van der Waals surface area (Å²) in [5, 5.41) is 6.81. The number of anilines is 1. The first-order chi connectivity index (χ1) is 14.8. The maximum Gasteiger partial charge on any atom is 0.242 e. The van der Waals surface area contributed by atoms with Crippen LogP contribution in [-0.2, 0) is 11.3 Å². The normalized spacial score (nSPS) is 11.9. The van der Waals surface area contributed by atoms with Crippen molar-refractivity contribution < 1.29 is 9.18 Å². The maximum atomic E-state index is 13.2. The van der Waals surface area contributed by atoms with Gasteiger partial charge in [0.05, 0.1) is 5.69 Å². The van der Waals surface area contributed by atoms with Gasteiger partial charge in [-0.1, -0.05) is 37.6 Å². The van der Waals surface area contributed by atoms with E-state index < -0.39 is 6.04 Å². The molecule has 3 aromatic rings. The Balaban J connectivity index is 1.75. The van der Waals surface area contributed by atoms with Crippen LogP contribution in [0.5, 0.6) is 0 Å². The number of carbonyl (C=O) groups is 1. The molecule has 2 N–H and O–H groups in total. The average molecular weight is 461 g/mol. The molecular formula is C23H23Cl2FN4O. The molecule has 2 aromatic carbocycles. The monoisotopic (exact) mass is 460 g/mol. The molecule has 0 aliphatic rings. The number of aromatic nitrogens is 2. The largest absolute Gasteiger partial charge is 0.358 e. The number of hydrogen-bond acceptors (Lipinski definition) is 4. The molecule has 8 heteroatoms. The van der Waals surface area contributed by atoms with Crippen LogP contribution in [0.2, 0.25) is 10.3 Å². The number of rotatable bonds is 8.